The Labute approximate surface area is 167 Å². The summed E-state index contributed by atoms with van der Waals surface area (Å²) in [4.78, 5) is 23.9. The molecule has 0 spiro atoms. The molecule has 0 saturated heterocycles. The van der Waals surface area contributed by atoms with Crippen LogP contribution in [0.3, 0.4) is 0 Å². The molecule has 0 radical (unpaired) electrons. The summed E-state index contributed by atoms with van der Waals surface area (Å²) in [5.41, 5.74) is 3.06. The van der Waals surface area contributed by atoms with Crippen LogP contribution in [0.25, 0.3) is 17.3 Å². The van der Waals surface area contributed by atoms with Crippen LogP contribution in [0.1, 0.15) is 12.5 Å². The second-order valence-corrected chi connectivity index (χ2v) is 6.41. The van der Waals surface area contributed by atoms with E-state index in [1.165, 1.54) is 6.07 Å². The highest BCUT2D eigenvalue weighted by Gasteiger charge is 2.20. The van der Waals surface area contributed by atoms with Crippen molar-refractivity contribution in [3.05, 3.63) is 76.1 Å². The van der Waals surface area contributed by atoms with Gasteiger partial charge in [-0.3, -0.25) is 9.59 Å². The molecule has 1 aliphatic heterocycles. The number of fused-ring (bicyclic) bond motifs is 1. The zero-order valence-corrected chi connectivity index (χ0v) is 15.8. The molecule has 0 atom stereocenters. The number of para-hydroxylation sites is 1. The van der Waals surface area contributed by atoms with E-state index in [1.807, 2.05) is 43.3 Å². The normalized spacial score (nSPS) is 12.4. The minimum Gasteiger partial charge on any atom is -0.490 e. The Morgan fingerprint density at radius 2 is 2.07 bits per heavy atom. The highest BCUT2D eigenvalue weighted by atomic mass is 16.5. The fourth-order valence-corrected chi connectivity index (χ4v) is 3.05. The Morgan fingerprint density at radius 1 is 1.21 bits per heavy atom. The van der Waals surface area contributed by atoms with Crippen molar-refractivity contribution in [3.63, 3.8) is 0 Å². The molecule has 4 rings (SSSR count). The van der Waals surface area contributed by atoms with Crippen LogP contribution in [0, 0.1) is 0 Å². The molecule has 3 aromatic rings. The van der Waals surface area contributed by atoms with Crippen LogP contribution < -0.4 is 20.3 Å². The van der Waals surface area contributed by atoms with Crippen molar-refractivity contribution in [1.82, 2.24) is 10.2 Å². The van der Waals surface area contributed by atoms with Gasteiger partial charge in [-0.05, 0) is 37.3 Å². The number of carbonyl (C=O) groups is 1. The molecule has 2 aromatic carbocycles. The zero-order chi connectivity index (χ0) is 20.2. The van der Waals surface area contributed by atoms with Crippen molar-refractivity contribution in [2.24, 2.45) is 0 Å². The van der Waals surface area contributed by atoms with E-state index in [0.717, 1.165) is 11.1 Å². The average Bonchev–Trinajstić information content (AvgIpc) is 2.74. The monoisotopic (exact) mass is 389 g/mol. The quantitative estimate of drug-likeness (QED) is 0.699. The molecule has 146 valence electrons. The average molecular weight is 389 g/mol. The molecule has 0 unspecified atom stereocenters. The number of benzene rings is 2. The predicted octanol–water partition coefficient (Wildman–Crippen LogP) is 3.25. The molecule has 1 aliphatic rings. The number of anilines is 1. The van der Waals surface area contributed by atoms with Crippen LogP contribution in [-0.2, 0) is 4.79 Å². The van der Waals surface area contributed by atoms with Crippen LogP contribution >= 0.6 is 0 Å². The molecule has 7 nitrogen and oxygen atoms in total. The summed E-state index contributed by atoms with van der Waals surface area (Å²) in [7, 11) is 0. The number of H-pyrrole nitrogens is 1. The lowest BCUT2D eigenvalue weighted by atomic mass is 10.1. The van der Waals surface area contributed by atoms with Gasteiger partial charge in [-0.25, -0.2) is 5.10 Å². The SMILES string of the molecule is CCOc1cccc2c1OCC(C(=O)Nc1cccc(-c3ccc(=O)[nH]n3)c1)=C2. The van der Waals surface area contributed by atoms with E-state index < -0.39 is 0 Å². The fraction of sp³-hybridized carbons (Fsp3) is 0.136. The van der Waals surface area contributed by atoms with Gasteiger partial charge in [-0.1, -0.05) is 24.3 Å². The number of ether oxygens (including phenoxy) is 2. The molecule has 1 aromatic heterocycles. The van der Waals surface area contributed by atoms with Crippen LogP contribution in [0.15, 0.2) is 65.0 Å². The molecule has 29 heavy (non-hydrogen) atoms. The van der Waals surface area contributed by atoms with Gasteiger partial charge in [0.05, 0.1) is 17.9 Å². The lowest BCUT2D eigenvalue weighted by molar-refractivity contribution is -0.113. The second kappa shape index (κ2) is 8.02. The Balaban J connectivity index is 1.54. The number of rotatable bonds is 5. The first-order chi connectivity index (χ1) is 14.1. The van der Waals surface area contributed by atoms with Crippen molar-refractivity contribution in [2.75, 3.05) is 18.5 Å². The van der Waals surface area contributed by atoms with Gasteiger partial charge in [-0.15, -0.1) is 0 Å². The van der Waals surface area contributed by atoms with Crippen LogP contribution in [-0.4, -0.2) is 29.3 Å². The summed E-state index contributed by atoms with van der Waals surface area (Å²) >= 11 is 0. The second-order valence-electron chi connectivity index (χ2n) is 6.41. The first kappa shape index (κ1) is 18.5. The number of nitrogens with zero attached hydrogens (tertiary/aromatic N) is 1. The van der Waals surface area contributed by atoms with Gasteiger partial charge in [-0.2, -0.15) is 5.10 Å². The van der Waals surface area contributed by atoms with Crippen LogP contribution in [0.4, 0.5) is 5.69 Å². The Kier molecular flexibility index (Phi) is 5.11. The van der Waals surface area contributed by atoms with E-state index in [0.29, 0.717) is 35.1 Å². The number of hydrogen-bond acceptors (Lipinski definition) is 5. The van der Waals surface area contributed by atoms with Crippen molar-refractivity contribution in [1.29, 1.82) is 0 Å². The number of carbonyl (C=O) groups excluding carboxylic acids is 1. The summed E-state index contributed by atoms with van der Waals surface area (Å²) in [5, 5.41) is 9.30. The van der Waals surface area contributed by atoms with E-state index in [4.69, 9.17) is 9.47 Å². The third-order valence-electron chi connectivity index (χ3n) is 4.40. The minimum atomic E-state index is -0.268. The summed E-state index contributed by atoms with van der Waals surface area (Å²) in [6, 6.07) is 15.9. The zero-order valence-electron chi connectivity index (χ0n) is 15.8. The molecule has 0 bridgehead atoms. The van der Waals surface area contributed by atoms with Gasteiger partial charge in [0.25, 0.3) is 11.5 Å². The van der Waals surface area contributed by atoms with E-state index in [1.54, 1.807) is 18.2 Å². The molecule has 0 fully saturated rings. The molecule has 0 saturated carbocycles. The lowest BCUT2D eigenvalue weighted by Gasteiger charge is -2.20. The summed E-state index contributed by atoms with van der Waals surface area (Å²) in [6.07, 6.45) is 1.81. The topological polar surface area (TPSA) is 93.3 Å². The Bertz CT molecular complexity index is 1130. The fourth-order valence-electron chi connectivity index (χ4n) is 3.05. The standard InChI is InChI=1S/C22H19N3O4/c1-2-28-19-8-4-6-15-11-16(13-29-21(15)19)22(27)23-17-7-3-5-14(12-17)18-9-10-20(26)25-24-18/h3-12H,2,13H2,1H3,(H,23,27)(H,25,26). The Morgan fingerprint density at radius 3 is 2.86 bits per heavy atom. The van der Waals surface area contributed by atoms with Gasteiger partial charge in [0.15, 0.2) is 11.5 Å². The predicted molar refractivity (Wildman–Crippen MR) is 110 cm³/mol. The highest BCUT2D eigenvalue weighted by Crippen LogP contribution is 2.36. The van der Waals surface area contributed by atoms with E-state index >= 15 is 0 Å². The number of hydrogen-bond donors (Lipinski definition) is 2. The maximum atomic E-state index is 12.7. The number of nitrogens with one attached hydrogen (secondary N) is 2. The Hall–Kier alpha value is -3.87. The largest absolute Gasteiger partial charge is 0.490 e. The van der Waals surface area contributed by atoms with Gasteiger partial charge in [0, 0.05) is 22.9 Å². The third kappa shape index (κ3) is 4.03. The molecule has 7 heteroatoms. The first-order valence-electron chi connectivity index (χ1n) is 9.21. The molecule has 2 N–H and O–H groups in total. The lowest BCUT2D eigenvalue weighted by Crippen LogP contribution is -2.21. The van der Waals surface area contributed by atoms with Gasteiger partial charge in [0.2, 0.25) is 0 Å². The number of amides is 1. The van der Waals surface area contributed by atoms with Crippen molar-refractivity contribution < 1.29 is 14.3 Å². The summed E-state index contributed by atoms with van der Waals surface area (Å²) in [5.74, 6) is 1.07. The van der Waals surface area contributed by atoms with Gasteiger partial charge >= 0.3 is 0 Å². The number of aromatic amines is 1. The maximum Gasteiger partial charge on any atom is 0.264 e. The molecular formula is C22H19N3O4. The molecule has 1 amide bonds. The van der Waals surface area contributed by atoms with Crippen molar-refractivity contribution >= 4 is 17.7 Å². The molecule has 0 aliphatic carbocycles. The van der Waals surface area contributed by atoms with Crippen LogP contribution in [0.5, 0.6) is 11.5 Å². The summed E-state index contributed by atoms with van der Waals surface area (Å²) < 4.78 is 11.4. The first-order valence-corrected chi connectivity index (χ1v) is 9.21. The van der Waals surface area contributed by atoms with E-state index in [9.17, 15) is 9.59 Å². The van der Waals surface area contributed by atoms with E-state index in [2.05, 4.69) is 15.5 Å². The highest BCUT2D eigenvalue weighted by molar-refractivity contribution is 6.07. The van der Waals surface area contributed by atoms with Gasteiger partial charge < -0.3 is 14.8 Å². The maximum absolute atomic E-state index is 12.7. The summed E-state index contributed by atoms with van der Waals surface area (Å²) in [6.45, 7) is 2.61. The smallest absolute Gasteiger partial charge is 0.264 e. The van der Waals surface area contributed by atoms with Crippen molar-refractivity contribution in [2.45, 2.75) is 6.92 Å². The van der Waals surface area contributed by atoms with E-state index in [-0.39, 0.29) is 18.1 Å². The van der Waals surface area contributed by atoms with Crippen molar-refractivity contribution in [3.8, 4) is 22.8 Å². The molecular weight excluding hydrogens is 370 g/mol. The van der Waals surface area contributed by atoms with Crippen LogP contribution in [0.2, 0.25) is 0 Å². The number of aromatic nitrogens is 2. The third-order valence-corrected chi connectivity index (χ3v) is 4.40. The van der Waals surface area contributed by atoms with Gasteiger partial charge in [0.1, 0.15) is 6.61 Å². The minimum absolute atomic E-state index is 0.157. The molecule has 2 heterocycles.